The molecule has 2 aromatic heterocycles. The number of rotatable bonds is 2. The number of benzene rings is 1. The van der Waals surface area contributed by atoms with Crippen molar-refractivity contribution in [2.45, 2.75) is 0 Å². The van der Waals surface area contributed by atoms with Crippen molar-refractivity contribution < 1.29 is 0 Å². The van der Waals surface area contributed by atoms with Crippen LogP contribution in [0.15, 0.2) is 48.7 Å². The fourth-order valence-corrected chi connectivity index (χ4v) is 1.72. The highest BCUT2D eigenvalue weighted by molar-refractivity contribution is 6.29. The van der Waals surface area contributed by atoms with Gasteiger partial charge in [-0.3, -0.25) is 0 Å². The molecule has 0 N–H and O–H groups in total. The Kier molecular flexibility index (Phi) is 2.74. The van der Waals surface area contributed by atoms with E-state index in [2.05, 4.69) is 20.5 Å². The molecule has 0 spiro atoms. The molecule has 1 aromatic carbocycles. The second kappa shape index (κ2) is 4.54. The van der Waals surface area contributed by atoms with Crippen LogP contribution in [0, 0.1) is 0 Å². The van der Waals surface area contributed by atoms with Crippen LogP contribution >= 0.6 is 11.6 Å². The summed E-state index contributed by atoms with van der Waals surface area (Å²) in [5.74, 6) is 0. The summed E-state index contributed by atoms with van der Waals surface area (Å²) in [4.78, 5) is 0. The third-order valence-corrected chi connectivity index (χ3v) is 2.65. The van der Waals surface area contributed by atoms with Crippen LogP contribution < -0.4 is 0 Å². The van der Waals surface area contributed by atoms with E-state index in [1.54, 1.807) is 23.0 Å². The highest BCUT2D eigenvalue weighted by Crippen LogP contribution is 2.19. The molecule has 0 bridgehead atoms. The maximum atomic E-state index is 5.72. The fourth-order valence-electron chi connectivity index (χ4n) is 1.62. The lowest BCUT2D eigenvalue weighted by Crippen LogP contribution is -2.00. The van der Waals surface area contributed by atoms with Crippen LogP contribution in [0.1, 0.15) is 0 Å². The SMILES string of the molecule is Clc1ccc(-c2cnnn2-c2ccccc2)nn1. The van der Waals surface area contributed by atoms with Crippen LogP contribution in [-0.2, 0) is 0 Å². The second-order valence-electron chi connectivity index (χ2n) is 3.61. The summed E-state index contributed by atoms with van der Waals surface area (Å²) in [6.45, 7) is 0. The molecule has 0 aliphatic carbocycles. The van der Waals surface area contributed by atoms with E-state index < -0.39 is 0 Å². The molecule has 0 amide bonds. The molecule has 5 nitrogen and oxygen atoms in total. The van der Waals surface area contributed by atoms with Crippen molar-refractivity contribution >= 4 is 11.6 Å². The summed E-state index contributed by atoms with van der Waals surface area (Å²) < 4.78 is 1.71. The fraction of sp³-hybridized carbons (Fsp3) is 0. The van der Waals surface area contributed by atoms with E-state index in [0.29, 0.717) is 10.8 Å². The largest absolute Gasteiger partial charge is 0.211 e. The van der Waals surface area contributed by atoms with E-state index in [0.717, 1.165) is 11.4 Å². The van der Waals surface area contributed by atoms with Gasteiger partial charge in [0.15, 0.2) is 5.15 Å². The summed E-state index contributed by atoms with van der Waals surface area (Å²) in [6.07, 6.45) is 1.64. The first-order chi connectivity index (χ1) is 8.84. The van der Waals surface area contributed by atoms with Crippen molar-refractivity contribution in [3.8, 4) is 17.1 Å². The molecule has 0 radical (unpaired) electrons. The number of hydrogen-bond acceptors (Lipinski definition) is 4. The van der Waals surface area contributed by atoms with Gasteiger partial charge in [-0.2, -0.15) is 0 Å². The Labute approximate surface area is 108 Å². The number of hydrogen-bond donors (Lipinski definition) is 0. The molecule has 18 heavy (non-hydrogen) atoms. The molecule has 2 heterocycles. The van der Waals surface area contributed by atoms with Crippen molar-refractivity contribution in [3.05, 3.63) is 53.8 Å². The van der Waals surface area contributed by atoms with Crippen LogP contribution in [0.3, 0.4) is 0 Å². The summed E-state index contributed by atoms with van der Waals surface area (Å²) in [5.41, 5.74) is 2.36. The Morgan fingerprint density at radius 3 is 2.50 bits per heavy atom. The Hall–Kier alpha value is -2.27. The van der Waals surface area contributed by atoms with Gasteiger partial charge < -0.3 is 0 Å². The summed E-state index contributed by atoms with van der Waals surface area (Å²) >= 11 is 5.72. The summed E-state index contributed by atoms with van der Waals surface area (Å²) in [7, 11) is 0. The normalized spacial score (nSPS) is 10.5. The molecule has 3 aromatic rings. The highest BCUT2D eigenvalue weighted by atomic mass is 35.5. The van der Waals surface area contributed by atoms with Crippen molar-refractivity contribution in [2.24, 2.45) is 0 Å². The Morgan fingerprint density at radius 2 is 1.78 bits per heavy atom. The first kappa shape index (κ1) is 10.9. The predicted octanol–water partition coefficient (Wildman–Crippen LogP) is 2.38. The van der Waals surface area contributed by atoms with Crippen LogP contribution in [0.4, 0.5) is 0 Å². The van der Waals surface area contributed by atoms with E-state index in [4.69, 9.17) is 11.6 Å². The van der Waals surface area contributed by atoms with Gasteiger partial charge in [-0.05, 0) is 24.3 Å². The maximum Gasteiger partial charge on any atom is 0.151 e. The molecule has 0 saturated heterocycles. The number of aromatic nitrogens is 5. The van der Waals surface area contributed by atoms with E-state index in [1.807, 2.05) is 30.3 Å². The van der Waals surface area contributed by atoms with Crippen LogP contribution in [0.5, 0.6) is 0 Å². The first-order valence-electron chi connectivity index (χ1n) is 5.30. The molecule has 0 saturated carbocycles. The lowest BCUT2D eigenvalue weighted by Gasteiger charge is -2.04. The number of nitrogens with zero attached hydrogens (tertiary/aromatic N) is 5. The van der Waals surface area contributed by atoms with E-state index in [-0.39, 0.29) is 0 Å². The van der Waals surface area contributed by atoms with E-state index in [9.17, 15) is 0 Å². The monoisotopic (exact) mass is 257 g/mol. The van der Waals surface area contributed by atoms with Gasteiger partial charge in [0.1, 0.15) is 11.4 Å². The van der Waals surface area contributed by atoms with Crippen LogP contribution in [0.25, 0.3) is 17.1 Å². The predicted molar refractivity (Wildman–Crippen MR) is 67.4 cm³/mol. The topological polar surface area (TPSA) is 56.5 Å². The molecule has 3 rings (SSSR count). The van der Waals surface area contributed by atoms with Gasteiger partial charge in [-0.15, -0.1) is 15.3 Å². The zero-order valence-electron chi connectivity index (χ0n) is 9.23. The summed E-state index contributed by atoms with van der Waals surface area (Å²) in [6, 6.07) is 13.2. The van der Waals surface area contributed by atoms with Gasteiger partial charge in [0, 0.05) is 0 Å². The van der Waals surface area contributed by atoms with Gasteiger partial charge >= 0.3 is 0 Å². The van der Waals surface area contributed by atoms with Crippen LogP contribution in [0.2, 0.25) is 5.15 Å². The minimum atomic E-state index is 0.359. The third-order valence-electron chi connectivity index (χ3n) is 2.44. The van der Waals surface area contributed by atoms with Crippen molar-refractivity contribution in [2.75, 3.05) is 0 Å². The average molecular weight is 258 g/mol. The molecule has 6 heteroatoms. The summed E-state index contributed by atoms with van der Waals surface area (Å²) in [5, 5.41) is 16.2. The number of halogens is 1. The van der Waals surface area contributed by atoms with Gasteiger partial charge in [-0.25, -0.2) is 4.68 Å². The first-order valence-corrected chi connectivity index (χ1v) is 5.68. The molecule has 0 unspecified atom stereocenters. The van der Waals surface area contributed by atoms with Gasteiger partial charge in [0.2, 0.25) is 0 Å². The van der Waals surface area contributed by atoms with Gasteiger partial charge in [-0.1, -0.05) is 35.0 Å². The Balaban J connectivity index is 2.10. The smallest absolute Gasteiger partial charge is 0.151 e. The highest BCUT2D eigenvalue weighted by Gasteiger charge is 2.09. The maximum absolute atomic E-state index is 5.72. The minimum absolute atomic E-state index is 0.359. The molecule has 0 fully saturated rings. The number of para-hydroxylation sites is 1. The molecule has 0 atom stereocenters. The zero-order valence-corrected chi connectivity index (χ0v) is 9.99. The lowest BCUT2D eigenvalue weighted by atomic mass is 10.3. The van der Waals surface area contributed by atoms with Crippen LogP contribution in [-0.4, -0.2) is 25.2 Å². The standard InChI is InChI=1S/C12H8ClN5/c13-12-7-6-10(15-16-12)11-8-14-17-18(11)9-4-2-1-3-5-9/h1-8H. The molecular formula is C12H8ClN5. The minimum Gasteiger partial charge on any atom is -0.211 e. The van der Waals surface area contributed by atoms with E-state index in [1.165, 1.54) is 0 Å². The van der Waals surface area contributed by atoms with Crippen molar-refractivity contribution in [1.82, 2.24) is 25.2 Å². The molecular weight excluding hydrogens is 250 g/mol. The Bertz CT molecular complexity index is 648. The third kappa shape index (κ3) is 1.96. The van der Waals surface area contributed by atoms with Crippen molar-refractivity contribution in [3.63, 3.8) is 0 Å². The van der Waals surface area contributed by atoms with Gasteiger partial charge in [0.25, 0.3) is 0 Å². The molecule has 0 aliphatic heterocycles. The molecule has 0 aliphatic rings. The van der Waals surface area contributed by atoms with E-state index >= 15 is 0 Å². The zero-order chi connectivity index (χ0) is 12.4. The second-order valence-corrected chi connectivity index (χ2v) is 4.00. The van der Waals surface area contributed by atoms with Crippen molar-refractivity contribution in [1.29, 1.82) is 0 Å². The molecule has 88 valence electrons. The van der Waals surface area contributed by atoms with Gasteiger partial charge in [0.05, 0.1) is 11.9 Å². The average Bonchev–Trinajstić information content (AvgIpc) is 2.90. The Morgan fingerprint density at radius 1 is 0.944 bits per heavy atom. The lowest BCUT2D eigenvalue weighted by molar-refractivity contribution is 0.804. The quantitative estimate of drug-likeness (QED) is 0.707.